The number of fused-ring (bicyclic) bond motifs is 1. The van der Waals surface area contributed by atoms with Gasteiger partial charge in [0.05, 0.1) is 6.04 Å². The first-order valence-corrected chi connectivity index (χ1v) is 8.12. The van der Waals surface area contributed by atoms with Crippen LogP contribution in [0.5, 0.6) is 0 Å². The summed E-state index contributed by atoms with van der Waals surface area (Å²) >= 11 is 0. The van der Waals surface area contributed by atoms with E-state index >= 15 is 0 Å². The van der Waals surface area contributed by atoms with Gasteiger partial charge in [-0.05, 0) is 38.1 Å². The summed E-state index contributed by atoms with van der Waals surface area (Å²) in [6.45, 7) is 7.85. The lowest BCUT2D eigenvalue weighted by Gasteiger charge is -2.19. The van der Waals surface area contributed by atoms with Crippen LogP contribution in [0.3, 0.4) is 0 Å². The predicted molar refractivity (Wildman–Crippen MR) is 83.5 cm³/mol. The Balaban J connectivity index is 1.79. The van der Waals surface area contributed by atoms with Crippen molar-refractivity contribution in [1.29, 1.82) is 0 Å². The number of imidazole rings is 1. The molecule has 112 valence electrons. The minimum Gasteiger partial charge on any atom is -0.316 e. The fourth-order valence-corrected chi connectivity index (χ4v) is 3.78. The van der Waals surface area contributed by atoms with Crippen LogP contribution < -0.4 is 5.32 Å². The third kappa shape index (κ3) is 2.24. The highest BCUT2D eigenvalue weighted by Gasteiger charge is 2.30. The summed E-state index contributed by atoms with van der Waals surface area (Å²) in [7, 11) is 0. The molecule has 2 aliphatic rings. The van der Waals surface area contributed by atoms with Crippen molar-refractivity contribution in [1.82, 2.24) is 24.8 Å². The highest BCUT2D eigenvalue weighted by Crippen LogP contribution is 2.32. The van der Waals surface area contributed by atoms with E-state index < -0.39 is 0 Å². The Morgan fingerprint density at radius 3 is 3.10 bits per heavy atom. The topological polar surface area (TPSA) is 46.0 Å². The fraction of sp³-hybridized carbons (Fsp3) is 0.625. The van der Waals surface area contributed by atoms with E-state index in [9.17, 15) is 0 Å². The molecule has 2 fully saturated rings. The second kappa shape index (κ2) is 5.39. The second-order valence-corrected chi connectivity index (χ2v) is 6.21. The molecule has 4 heterocycles. The Morgan fingerprint density at radius 1 is 1.38 bits per heavy atom. The molecule has 0 saturated carbocycles. The molecule has 2 aromatic rings. The van der Waals surface area contributed by atoms with E-state index in [0.717, 1.165) is 37.3 Å². The molecule has 2 unspecified atom stereocenters. The van der Waals surface area contributed by atoms with Gasteiger partial charge in [-0.1, -0.05) is 6.92 Å². The van der Waals surface area contributed by atoms with Crippen LogP contribution in [0.2, 0.25) is 0 Å². The van der Waals surface area contributed by atoms with Crippen molar-refractivity contribution in [3.63, 3.8) is 0 Å². The molecule has 21 heavy (non-hydrogen) atoms. The van der Waals surface area contributed by atoms with Crippen LogP contribution in [0.25, 0.3) is 11.2 Å². The van der Waals surface area contributed by atoms with Gasteiger partial charge in [-0.3, -0.25) is 0 Å². The zero-order valence-corrected chi connectivity index (χ0v) is 12.6. The summed E-state index contributed by atoms with van der Waals surface area (Å²) < 4.78 is 2.45. The molecule has 2 atom stereocenters. The molecule has 0 aromatic carbocycles. The maximum Gasteiger partial charge on any atom is 0.160 e. The molecule has 2 aliphatic heterocycles. The Bertz CT molecular complexity index is 629. The molecule has 5 nitrogen and oxygen atoms in total. The average molecular weight is 285 g/mol. The van der Waals surface area contributed by atoms with E-state index in [1.807, 2.05) is 12.3 Å². The lowest BCUT2D eigenvalue weighted by Crippen LogP contribution is -2.22. The molecule has 0 radical (unpaired) electrons. The summed E-state index contributed by atoms with van der Waals surface area (Å²) in [5, 5.41) is 3.47. The number of aromatic nitrogens is 3. The number of likely N-dealkylation sites (N-methyl/N-ethyl adjacent to an activating group) is 1. The number of pyridine rings is 1. The van der Waals surface area contributed by atoms with Crippen LogP contribution in [-0.4, -0.2) is 52.2 Å². The van der Waals surface area contributed by atoms with Gasteiger partial charge in [0.15, 0.2) is 5.65 Å². The summed E-state index contributed by atoms with van der Waals surface area (Å²) in [6.07, 6.45) is 4.29. The largest absolute Gasteiger partial charge is 0.316 e. The van der Waals surface area contributed by atoms with Gasteiger partial charge in [0.25, 0.3) is 0 Å². The van der Waals surface area contributed by atoms with Gasteiger partial charge in [0.2, 0.25) is 0 Å². The molecule has 1 N–H and O–H groups in total. The second-order valence-electron chi connectivity index (χ2n) is 6.21. The number of hydrogen-bond donors (Lipinski definition) is 1. The maximum atomic E-state index is 4.93. The summed E-state index contributed by atoms with van der Waals surface area (Å²) in [6, 6.07) is 4.61. The van der Waals surface area contributed by atoms with Crippen LogP contribution in [0, 0.1) is 0 Å². The monoisotopic (exact) mass is 285 g/mol. The van der Waals surface area contributed by atoms with E-state index in [1.165, 1.54) is 25.2 Å². The lowest BCUT2D eigenvalue weighted by atomic mass is 10.1. The van der Waals surface area contributed by atoms with Gasteiger partial charge in [-0.2, -0.15) is 0 Å². The molecule has 2 aromatic heterocycles. The summed E-state index contributed by atoms with van der Waals surface area (Å²) in [5.74, 6) is 1.78. The van der Waals surface area contributed by atoms with E-state index in [1.54, 1.807) is 0 Å². The zero-order chi connectivity index (χ0) is 14.2. The molecule has 0 aliphatic carbocycles. The number of likely N-dealkylation sites (tertiary alicyclic amines) is 1. The molecule has 0 bridgehead atoms. The van der Waals surface area contributed by atoms with Crippen LogP contribution in [0.15, 0.2) is 18.3 Å². The first-order valence-electron chi connectivity index (χ1n) is 8.12. The Kier molecular flexibility index (Phi) is 3.39. The number of nitrogens with zero attached hydrogens (tertiary/aromatic N) is 4. The number of rotatable bonds is 3. The SMILES string of the molecule is CCN1CCC(n2c(C3CCNC3)nc3cccnc32)C1. The Morgan fingerprint density at radius 2 is 2.33 bits per heavy atom. The van der Waals surface area contributed by atoms with Crippen molar-refractivity contribution >= 4 is 11.2 Å². The van der Waals surface area contributed by atoms with E-state index in [4.69, 9.17) is 4.98 Å². The molecule has 2 saturated heterocycles. The first-order chi connectivity index (χ1) is 10.4. The Labute approximate surface area is 125 Å². The van der Waals surface area contributed by atoms with Crippen molar-refractivity contribution in [3.8, 4) is 0 Å². The van der Waals surface area contributed by atoms with Gasteiger partial charge < -0.3 is 14.8 Å². The fourth-order valence-electron chi connectivity index (χ4n) is 3.78. The molecular formula is C16H23N5. The molecule has 0 amide bonds. The van der Waals surface area contributed by atoms with Gasteiger partial charge in [-0.15, -0.1) is 0 Å². The van der Waals surface area contributed by atoms with Crippen molar-refractivity contribution in [2.24, 2.45) is 0 Å². The van der Waals surface area contributed by atoms with E-state index in [0.29, 0.717) is 12.0 Å². The van der Waals surface area contributed by atoms with Gasteiger partial charge in [0.1, 0.15) is 11.3 Å². The maximum absolute atomic E-state index is 4.93. The quantitative estimate of drug-likeness (QED) is 0.933. The highest BCUT2D eigenvalue weighted by molar-refractivity contribution is 5.71. The van der Waals surface area contributed by atoms with Crippen LogP contribution in [0.4, 0.5) is 0 Å². The summed E-state index contributed by atoms with van der Waals surface area (Å²) in [4.78, 5) is 12.1. The molecule has 4 rings (SSSR count). The number of nitrogens with one attached hydrogen (secondary N) is 1. The molecule has 5 heteroatoms. The average Bonchev–Trinajstić information content (AvgIpc) is 3.24. The van der Waals surface area contributed by atoms with Crippen molar-refractivity contribution < 1.29 is 0 Å². The Hall–Kier alpha value is -1.46. The third-order valence-electron chi connectivity index (χ3n) is 4.96. The standard InChI is InChI=1S/C16H23N5/c1-2-20-9-6-13(11-20)21-15(12-5-8-17-10-12)19-14-4-3-7-18-16(14)21/h3-4,7,12-13,17H,2,5-6,8-11H2,1H3. The minimum atomic E-state index is 0.528. The third-order valence-corrected chi connectivity index (χ3v) is 4.96. The van der Waals surface area contributed by atoms with E-state index in [-0.39, 0.29) is 0 Å². The predicted octanol–water partition coefficient (Wildman–Crippen LogP) is 1.77. The van der Waals surface area contributed by atoms with Crippen LogP contribution in [0.1, 0.15) is 37.5 Å². The van der Waals surface area contributed by atoms with E-state index in [2.05, 4.69) is 32.8 Å². The number of hydrogen-bond acceptors (Lipinski definition) is 4. The van der Waals surface area contributed by atoms with Crippen LogP contribution in [-0.2, 0) is 0 Å². The molecular weight excluding hydrogens is 262 g/mol. The van der Waals surface area contributed by atoms with Gasteiger partial charge >= 0.3 is 0 Å². The zero-order valence-electron chi connectivity index (χ0n) is 12.6. The minimum absolute atomic E-state index is 0.528. The molecule has 0 spiro atoms. The van der Waals surface area contributed by atoms with Crippen LogP contribution >= 0.6 is 0 Å². The first kappa shape index (κ1) is 13.2. The van der Waals surface area contributed by atoms with Crippen molar-refractivity contribution in [2.45, 2.75) is 31.7 Å². The van der Waals surface area contributed by atoms with Crippen molar-refractivity contribution in [2.75, 3.05) is 32.7 Å². The van der Waals surface area contributed by atoms with Crippen molar-refractivity contribution in [3.05, 3.63) is 24.2 Å². The highest BCUT2D eigenvalue weighted by atomic mass is 15.2. The van der Waals surface area contributed by atoms with Gasteiger partial charge in [-0.25, -0.2) is 9.97 Å². The summed E-state index contributed by atoms with van der Waals surface area (Å²) in [5.41, 5.74) is 2.12. The smallest absolute Gasteiger partial charge is 0.160 e. The normalized spacial score (nSPS) is 26.9. The van der Waals surface area contributed by atoms with Gasteiger partial charge in [0, 0.05) is 31.7 Å². The lowest BCUT2D eigenvalue weighted by molar-refractivity contribution is 0.340.